The van der Waals surface area contributed by atoms with E-state index in [2.05, 4.69) is 17.1 Å². The molecule has 2 saturated carbocycles. The van der Waals surface area contributed by atoms with Gasteiger partial charge in [-0.1, -0.05) is 12.1 Å². The van der Waals surface area contributed by atoms with Crippen LogP contribution in [0.4, 0.5) is 0 Å². The lowest BCUT2D eigenvalue weighted by Gasteiger charge is -2.43. The SMILES string of the molecule is CCOC(=O)CN1C(=O)C2C3CC(C2C1=O)C1C(c2ccc(OC)cc2)c2sc(=S)[nH]c2SC31. The Hall–Kier alpha value is -2.17. The lowest BCUT2D eigenvalue weighted by atomic mass is 9.68. The van der Waals surface area contributed by atoms with Crippen molar-refractivity contribution in [2.24, 2.45) is 29.6 Å². The third kappa shape index (κ3) is 3.14. The van der Waals surface area contributed by atoms with E-state index < -0.39 is 5.97 Å². The third-order valence-electron chi connectivity index (χ3n) is 7.88. The number of imide groups is 1. The minimum Gasteiger partial charge on any atom is -0.497 e. The summed E-state index contributed by atoms with van der Waals surface area (Å²) in [5, 5.41) is 1.30. The van der Waals surface area contributed by atoms with E-state index in [0.717, 1.165) is 26.1 Å². The van der Waals surface area contributed by atoms with Crippen molar-refractivity contribution in [3.05, 3.63) is 38.7 Å². The van der Waals surface area contributed by atoms with Gasteiger partial charge >= 0.3 is 5.97 Å². The van der Waals surface area contributed by atoms with Crippen LogP contribution in [0.5, 0.6) is 5.75 Å². The molecule has 178 valence electrons. The smallest absolute Gasteiger partial charge is 0.326 e. The maximum Gasteiger partial charge on any atom is 0.326 e. The fraction of sp³-hybridized carbons (Fsp3) is 0.500. The molecule has 3 fully saturated rings. The highest BCUT2D eigenvalue weighted by molar-refractivity contribution is 8.00. The molecule has 6 rings (SSSR count). The molecule has 1 aromatic carbocycles. The van der Waals surface area contributed by atoms with Gasteiger partial charge in [-0.05, 0) is 61.0 Å². The second-order valence-corrected chi connectivity index (χ2v) is 12.2. The number of hydrogen-bond acceptors (Lipinski definition) is 8. The van der Waals surface area contributed by atoms with E-state index in [9.17, 15) is 14.4 Å². The predicted molar refractivity (Wildman–Crippen MR) is 129 cm³/mol. The Bertz CT molecular complexity index is 1240. The summed E-state index contributed by atoms with van der Waals surface area (Å²) in [4.78, 5) is 44.6. The maximum atomic E-state index is 13.4. The minimum absolute atomic E-state index is 0.0899. The zero-order chi connectivity index (χ0) is 23.7. The first-order valence-corrected chi connectivity index (χ1v) is 13.6. The number of nitrogens with one attached hydrogen (secondary N) is 1. The summed E-state index contributed by atoms with van der Waals surface area (Å²) in [5.74, 6) is -0.346. The summed E-state index contributed by atoms with van der Waals surface area (Å²) >= 11 is 8.88. The van der Waals surface area contributed by atoms with Gasteiger partial charge in [0.1, 0.15) is 12.3 Å². The van der Waals surface area contributed by atoms with Gasteiger partial charge in [0.25, 0.3) is 0 Å². The van der Waals surface area contributed by atoms with Gasteiger partial charge in [-0.15, -0.1) is 23.1 Å². The molecule has 7 atom stereocenters. The number of amides is 2. The number of carbonyl (C=O) groups excluding carboxylic acids is 3. The fourth-order valence-corrected chi connectivity index (χ4v) is 10.1. The summed E-state index contributed by atoms with van der Waals surface area (Å²) in [5.41, 5.74) is 1.17. The van der Waals surface area contributed by atoms with E-state index in [4.69, 9.17) is 21.7 Å². The highest BCUT2D eigenvalue weighted by Gasteiger charge is 2.69. The van der Waals surface area contributed by atoms with Gasteiger partial charge in [0, 0.05) is 16.0 Å². The number of ether oxygens (including phenoxy) is 2. The number of thioether (sulfide) groups is 1. The van der Waals surface area contributed by atoms with Crippen LogP contribution in [0.15, 0.2) is 29.3 Å². The number of likely N-dealkylation sites (tertiary alicyclic amines) is 1. The van der Waals surface area contributed by atoms with Gasteiger partial charge in [-0.25, -0.2) is 0 Å². The Balaban J connectivity index is 1.39. The number of carbonyl (C=O) groups is 3. The van der Waals surface area contributed by atoms with Gasteiger partial charge in [-0.2, -0.15) is 0 Å². The molecule has 2 bridgehead atoms. The molecule has 10 heteroatoms. The van der Waals surface area contributed by atoms with Crippen LogP contribution in [0, 0.1) is 33.5 Å². The Morgan fingerprint density at radius 1 is 1.18 bits per heavy atom. The first-order chi connectivity index (χ1) is 16.4. The summed E-state index contributed by atoms with van der Waals surface area (Å²) < 4.78 is 11.1. The molecule has 2 aliphatic heterocycles. The molecule has 1 N–H and O–H groups in total. The second kappa shape index (κ2) is 8.20. The van der Waals surface area contributed by atoms with Crippen LogP contribution >= 0.6 is 35.3 Å². The Labute approximate surface area is 210 Å². The highest BCUT2D eigenvalue weighted by atomic mass is 32.2. The summed E-state index contributed by atoms with van der Waals surface area (Å²) in [6.07, 6.45) is 0.866. The quantitative estimate of drug-likeness (QED) is 0.367. The van der Waals surface area contributed by atoms with Crippen LogP contribution in [0.2, 0.25) is 0 Å². The van der Waals surface area contributed by atoms with Crippen molar-refractivity contribution < 1.29 is 23.9 Å². The topological polar surface area (TPSA) is 88.7 Å². The van der Waals surface area contributed by atoms with Crippen molar-refractivity contribution in [1.82, 2.24) is 9.88 Å². The fourth-order valence-electron chi connectivity index (χ4n) is 6.75. The number of hydrogen-bond donors (Lipinski definition) is 1. The number of aromatic amines is 1. The zero-order valence-corrected chi connectivity index (χ0v) is 21.1. The molecule has 7 unspecified atom stereocenters. The van der Waals surface area contributed by atoms with Gasteiger partial charge in [0.05, 0.1) is 30.6 Å². The first-order valence-electron chi connectivity index (χ1n) is 11.5. The first kappa shape index (κ1) is 22.3. The number of esters is 1. The van der Waals surface area contributed by atoms with Crippen LogP contribution in [0.3, 0.4) is 0 Å². The molecule has 1 aromatic heterocycles. The number of thiazole rings is 1. The maximum absolute atomic E-state index is 13.4. The molecule has 3 heterocycles. The highest BCUT2D eigenvalue weighted by Crippen LogP contribution is 2.68. The molecular weight excluding hydrogens is 492 g/mol. The van der Waals surface area contributed by atoms with Crippen LogP contribution < -0.4 is 4.74 Å². The summed E-state index contributed by atoms with van der Waals surface area (Å²) in [7, 11) is 1.65. The molecular formula is C24H24N2O5S3. The van der Waals surface area contributed by atoms with E-state index in [1.807, 2.05) is 12.1 Å². The van der Waals surface area contributed by atoms with Crippen molar-refractivity contribution >= 4 is 53.1 Å². The monoisotopic (exact) mass is 516 g/mol. The molecule has 2 amide bonds. The van der Waals surface area contributed by atoms with Crippen molar-refractivity contribution in [2.75, 3.05) is 20.3 Å². The van der Waals surface area contributed by atoms with Gasteiger partial charge < -0.3 is 14.5 Å². The van der Waals surface area contributed by atoms with Crippen molar-refractivity contribution in [1.29, 1.82) is 0 Å². The molecule has 34 heavy (non-hydrogen) atoms. The van der Waals surface area contributed by atoms with Crippen LogP contribution in [-0.4, -0.2) is 53.2 Å². The molecule has 4 aliphatic rings. The van der Waals surface area contributed by atoms with Crippen molar-refractivity contribution in [3.8, 4) is 5.75 Å². The van der Waals surface area contributed by atoms with E-state index in [1.165, 1.54) is 10.4 Å². The lowest BCUT2D eigenvalue weighted by molar-refractivity contribution is -0.153. The molecule has 0 radical (unpaired) electrons. The van der Waals surface area contributed by atoms with Crippen molar-refractivity contribution in [3.63, 3.8) is 0 Å². The van der Waals surface area contributed by atoms with Gasteiger partial charge in [-0.3, -0.25) is 19.3 Å². The number of benzene rings is 1. The molecule has 2 aromatic rings. The predicted octanol–water partition coefficient (Wildman–Crippen LogP) is 3.85. The normalized spacial score (nSPS) is 33.0. The van der Waals surface area contributed by atoms with Crippen LogP contribution in [0.25, 0.3) is 0 Å². The molecule has 2 aliphatic carbocycles. The minimum atomic E-state index is -0.533. The largest absolute Gasteiger partial charge is 0.497 e. The Morgan fingerprint density at radius 3 is 2.56 bits per heavy atom. The molecule has 1 saturated heterocycles. The van der Waals surface area contributed by atoms with E-state index in [1.54, 1.807) is 37.1 Å². The summed E-state index contributed by atoms with van der Waals surface area (Å²) in [6, 6.07) is 8.14. The Morgan fingerprint density at radius 2 is 1.88 bits per heavy atom. The van der Waals surface area contributed by atoms with E-state index >= 15 is 0 Å². The summed E-state index contributed by atoms with van der Waals surface area (Å²) in [6.45, 7) is 1.65. The zero-order valence-electron chi connectivity index (χ0n) is 18.7. The number of rotatable bonds is 5. The van der Waals surface area contributed by atoms with E-state index in [-0.39, 0.29) is 65.7 Å². The van der Waals surface area contributed by atoms with E-state index in [0.29, 0.717) is 0 Å². The number of fused-ring (bicyclic) bond motifs is 9. The number of H-pyrrole nitrogens is 1. The van der Waals surface area contributed by atoms with Crippen molar-refractivity contribution in [2.45, 2.75) is 29.5 Å². The van der Waals surface area contributed by atoms with Crippen LogP contribution in [0.1, 0.15) is 29.7 Å². The standard InChI is InChI=1S/C24H24N2O5S3/c1-3-31-14(27)9-26-22(28)17-12-8-13(18(17)23(26)29)19-16(12)15(10-4-6-11(30-2)7-5-10)20-21(33-19)25-24(32)34-20/h4-7,12-13,15-19H,3,8-9H2,1-2H3,(H,25,32). The number of aromatic nitrogens is 1. The third-order valence-corrected chi connectivity index (χ3v) is 10.8. The number of methoxy groups -OCH3 is 1. The Kier molecular flexibility index (Phi) is 5.38. The van der Waals surface area contributed by atoms with Gasteiger partial charge in [0.15, 0.2) is 3.95 Å². The average molecular weight is 517 g/mol. The lowest BCUT2D eigenvalue weighted by Crippen LogP contribution is -2.42. The average Bonchev–Trinajstić information content (AvgIpc) is 3.55. The molecule has 7 nitrogen and oxygen atoms in total. The molecule has 0 spiro atoms. The van der Waals surface area contributed by atoms with Crippen LogP contribution in [-0.2, 0) is 19.1 Å². The second-order valence-electron chi connectivity index (χ2n) is 9.30. The number of nitrogens with zero attached hydrogens (tertiary/aromatic N) is 1. The van der Waals surface area contributed by atoms with Gasteiger partial charge in [0.2, 0.25) is 11.8 Å².